The van der Waals surface area contributed by atoms with E-state index in [9.17, 15) is 15.2 Å². The van der Waals surface area contributed by atoms with E-state index in [0.717, 1.165) is 19.3 Å². The molecule has 2 N–H and O–H groups in total. The molecule has 1 aliphatic rings. The summed E-state index contributed by atoms with van der Waals surface area (Å²) in [6.07, 6.45) is 3.21. The van der Waals surface area contributed by atoms with Gasteiger partial charge in [0.05, 0.1) is 4.92 Å². The molecule has 2 rings (SSSR count). The van der Waals surface area contributed by atoms with Crippen molar-refractivity contribution in [3.63, 3.8) is 0 Å². The zero-order valence-electron chi connectivity index (χ0n) is 11.3. The molecule has 2 unspecified atom stereocenters. The lowest BCUT2D eigenvalue weighted by Crippen LogP contribution is -2.22. The standard InChI is InChI=1S/C12H20N4O3/c1-8-11(16(18)19)12(15(2)14-8)13-6-9-4-3-5-10(9)7-17/h9-10,13,17H,3-7H2,1-2H3. The Morgan fingerprint density at radius 3 is 2.84 bits per heavy atom. The summed E-state index contributed by atoms with van der Waals surface area (Å²) in [7, 11) is 1.69. The van der Waals surface area contributed by atoms with E-state index in [1.165, 1.54) is 4.68 Å². The van der Waals surface area contributed by atoms with Crippen molar-refractivity contribution in [2.24, 2.45) is 18.9 Å². The first-order valence-electron chi connectivity index (χ1n) is 6.57. The van der Waals surface area contributed by atoms with Gasteiger partial charge in [0.1, 0.15) is 5.69 Å². The lowest BCUT2D eigenvalue weighted by atomic mass is 9.97. The monoisotopic (exact) mass is 268 g/mol. The molecule has 1 heterocycles. The molecule has 0 aliphatic heterocycles. The minimum Gasteiger partial charge on any atom is -0.396 e. The molecule has 19 heavy (non-hydrogen) atoms. The van der Waals surface area contributed by atoms with Crippen LogP contribution in [0.1, 0.15) is 25.0 Å². The maximum atomic E-state index is 11.0. The van der Waals surface area contributed by atoms with Gasteiger partial charge in [-0.05, 0) is 31.6 Å². The minimum atomic E-state index is -0.400. The zero-order valence-corrected chi connectivity index (χ0v) is 11.3. The number of aliphatic hydroxyl groups is 1. The quantitative estimate of drug-likeness (QED) is 0.623. The molecule has 0 aromatic carbocycles. The van der Waals surface area contributed by atoms with Crippen molar-refractivity contribution >= 4 is 11.5 Å². The highest BCUT2D eigenvalue weighted by atomic mass is 16.6. The summed E-state index contributed by atoms with van der Waals surface area (Å²) in [4.78, 5) is 10.6. The van der Waals surface area contributed by atoms with E-state index in [4.69, 9.17) is 0 Å². The number of rotatable bonds is 5. The highest BCUT2D eigenvalue weighted by molar-refractivity contribution is 5.59. The van der Waals surface area contributed by atoms with Crippen LogP contribution in [0.5, 0.6) is 0 Å². The minimum absolute atomic E-state index is 0.0426. The van der Waals surface area contributed by atoms with Crippen molar-refractivity contribution in [2.75, 3.05) is 18.5 Å². The average molecular weight is 268 g/mol. The largest absolute Gasteiger partial charge is 0.396 e. The van der Waals surface area contributed by atoms with Crippen LogP contribution in [0, 0.1) is 28.9 Å². The fraction of sp³-hybridized carbons (Fsp3) is 0.750. The number of nitrogens with one attached hydrogen (secondary N) is 1. The molecule has 1 fully saturated rings. The summed E-state index contributed by atoms with van der Waals surface area (Å²) < 4.78 is 1.51. The molecule has 1 saturated carbocycles. The summed E-state index contributed by atoms with van der Waals surface area (Å²) in [6.45, 7) is 2.47. The molecular weight excluding hydrogens is 248 g/mol. The second-order valence-electron chi connectivity index (χ2n) is 5.18. The van der Waals surface area contributed by atoms with Gasteiger partial charge in [-0.15, -0.1) is 0 Å². The fourth-order valence-electron chi connectivity index (χ4n) is 2.91. The van der Waals surface area contributed by atoms with Crippen LogP contribution in [0.3, 0.4) is 0 Å². The summed E-state index contributed by atoms with van der Waals surface area (Å²) in [5.41, 5.74) is 0.459. The number of aromatic nitrogens is 2. The molecular formula is C12H20N4O3. The predicted molar refractivity (Wildman–Crippen MR) is 71.0 cm³/mol. The van der Waals surface area contributed by atoms with Crippen LogP contribution in [0.4, 0.5) is 11.5 Å². The number of aliphatic hydroxyl groups excluding tert-OH is 1. The normalized spacial score (nSPS) is 22.7. The maximum Gasteiger partial charge on any atom is 0.333 e. The van der Waals surface area contributed by atoms with Crippen molar-refractivity contribution in [1.29, 1.82) is 0 Å². The first-order chi connectivity index (χ1) is 9.04. The number of hydrogen-bond donors (Lipinski definition) is 2. The van der Waals surface area contributed by atoms with Crippen LogP contribution in [-0.2, 0) is 7.05 Å². The highest BCUT2D eigenvalue weighted by Crippen LogP contribution is 2.33. The Morgan fingerprint density at radius 2 is 2.21 bits per heavy atom. The molecule has 0 bridgehead atoms. The van der Waals surface area contributed by atoms with Crippen LogP contribution in [0.15, 0.2) is 0 Å². The third-order valence-corrected chi connectivity index (χ3v) is 3.96. The predicted octanol–water partition coefficient (Wildman–Crippen LogP) is 1.46. The first kappa shape index (κ1) is 13.8. The van der Waals surface area contributed by atoms with Gasteiger partial charge < -0.3 is 10.4 Å². The van der Waals surface area contributed by atoms with Gasteiger partial charge in [0.25, 0.3) is 0 Å². The molecule has 1 aliphatic carbocycles. The van der Waals surface area contributed by atoms with E-state index < -0.39 is 4.92 Å². The molecule has 0 amide bonds. The SMILES string of the molecule is Cc1nn(C)c(NCC2CCCC2CO)c1[N+](=O)[O-]. The number of nitrogens with zero attached hydrogens (tertiary/aromatic N) is 3. The van der Waals surface area contributed by atoms with Gasteiger partial charge in [-0.3, -0.25) is 10.1 Å². The van der Waals surface area contributed by atoms with Crippen molar-refractivity contribution < 1.29 is 10.0 Å². The van der Waals surface area contributed by atoms with Gasteiger partial charge in [-0.25, -0.2) is 4.68 Å². The van der Waals surface area contributed by atoms with Gasteiger partial charge in [0.15, 0.2) is 0 Å². The third kappa shape index (κ3) is 2.70. The Balaban J connectivity index is 2.09. The summed E-state index contributed by atoms with van der Waals surface area (Å²) in [6, 6.07) is 0. The molecule has 0 spiro atoms. The van der Waals surface area contributed by atoms with Crippen molar-refractivity contribution in [3.8, 4) is 0 Å². The van der Waals surface area contributed by atoms with Gasteiger partial charge in [0.2, 0.25) is 5.82 Å². The van der Waals surface area contributed by atoms with Crippen molar-refractivity contribution in [1.82, 2.24) is 9.78 Å². The van der Waals surface area contributed by atoms with Gasteiger partial charge >= 0.3 is 5.69 Å². The second kappa shape index (κ2) is 5.56. The lowest BCUT2D eigenvalue weighted by molar-refractivity contribution is -0.384. The molecule has 0 saturated heterocycles. The fourth-order valence-corrected chi connectivity index (χ4v) is 2.91. The molecule has 1 aromatic heterocycles. The Morgan fingerprint density at radius 1 is 1.53 bits per heavy atom. The number of aryl methyl sites for hydroxylation is 2. The van der Waals surface area contributed by atoms with E-state index >= 15 is 0 Å². The molecule has 106 valence electrons. The van der Waals surface area contributed by atoms with Crippen molar-refractivity contribution in [3.05, 3.63) is 15.8 Å². The van der Waals surface area contributed by atoms with E-state index in [2.05, 4.69) is 10.4 Å². The topological polar surface area (TPSA) is 93.2 Å². The van der Waals surface area contributed by atoms with E-state index in [0.29, 0.717) is 29.9 Å². The molecule has 2 atom stereocenters. The Kier molecular flexibility index (Phi) is 4.04. The second-order valence-corrected chi connectivity index (χ2v) is 5.18. The molecule has 7 heteroatoms. The third-order valence-electron chi connectivity index (χ3n) is 3.96. The van der Waals surface area contributed by atoms with Gasteiger partial charge in [-0.1, -0.05) is 6.42 Å². The number of nitro groups is 1. The summed E-state index contributed by atoms with van der Waals surface area (Å²) in [5.74, 6) is 1.13. The smallest absolute Gasteiger partial charge is 0.333 e. The highest BCUT2D eigenvalue weighted by Gasteiger charge is 2.29. The van der Waals surface area contributed by atoms with Crippen LogP contribution in [-0.4, -0.2) is 33.0 Å². The van der Waals surface area contributed by atoms with Crippen molar-refractivity contribution in [2.45, 2.75) is 26.2 Å². The molecule has 7 nitrogen and oxygen atoms in total. The van der Waals surface area contributed by atoms with Gasteiger partial charge in [0, 0.05) is 20.2 Å². The summed E-state index contributed by atoms with van der Waals surface area (Å²) >= 11 is 0. The Bertz CT molecular complexity index is 472. The average Bonchev–Trinajstić information content (AvgIpc) is 2.90. The Hall–Kier alpha value is -1.63. The number of hydrogen-bond acceptors (Lipinski definition) is 5. The van der Waals surface area contributed by atoms with E-state index in [1.54, 1.807) is 14.0 Å². The van der Waals surface area contributed by atoms with E-state index in [1.807, 2.05) is 0 Å². The van der Waals surface area contributed by atoms with Crippen LogP contribution in [0.25, 0.3) is 0 Å². The first-order valence-corrected chi connectivity index (χ1v) is 6.57. The maximum absolute atomic E-state index is 11.0. The molecule has 0 radical (unpaired) electrons. The van der Waals surface area contributed by atoms with E-state index in [-0.39, 0.29) is 12.3 Å². The lowest BCUT2D eigenvalue weighted by Gasteiger charge is -2.18. The Labute approximate surface area is 111 Å². The summed E-state index contributed by atoms with van der Waals surface area (Å²) in [5, 5.41) is 27.5. The van der Waals surface area contributed by atoms with Gasteiger partial charge in [-0.2, -0.15) is 5.10 Å². The van der Waals surface area contributed by atoms with Crippen LogP contribution < -0.4 is 5.32 Å². The van der Waals surface area contributed by atoms with Crippen LogP contribution in [0.2, 0.25) is 0 Å². The molecule has 1 aromatic rings. The number of anilines is 1. The zero-order chi connectivity index (χ0) is 14.0. The van der Waals surface area contributed by atoms with Crippen LogP contribution >= 0.6 is 0 Å².